The highest BCUT2D eigenvalue weighted by Gasteiger charge is 2.10. The van der Waals surface area contributed by atoms with Crippen molar-refractivity contribution in [3.05, 3.63) is 52.8 Å². The van der Waals surface area contributed by atoms with Gasteiger partial charge in [-0.15, -0.1) is 5.10 Å². The minimum atomic E-state index is -0.230. The lowest BCUT2D eigenvalue weighted by Crippen LogP contribution is -2.21. The van der Waals surface area contributed by atoms with Gasteiger partial charge in [0.2, 0.25) is 0 Å². The third-order valence-corrected chi connectivity index (χ3v) is 3.01. The molecular formula is C13H13N5O2. The molecule has 0 amide bonds. The van der Waals surface area contributed by atoms with Crippen LogP contribution in [0.1, 0.15) is 5.56 Å². The van der Waals surface area contributed by atoms with E-state index in [1.165, 1.54) is 15.3 Å². The molecule has 0 radical (unpaired) electrons. The molecule has 0 atom stereocenters. The summed E-state index contributed by atoms with van der Waals surface area (Å²) in [5.74, 6) is 0.668. The normalized spacial score (nSPS) is 10.8. The number of anilines is 1. The lowest BCUT2D eigenvalue weighted by atomic mass is 10.2. The Hall–Kier alpha value is -2.83. The molecule has 7 nitrogen and oxygen atoms in total. The summed E-state index contributed by atoms with van der Waals surface area (Å²) in [4.78, 5) is 16.1. The number of methoxy groups -OCH3 is 1. The SMILES string of the molecule is COc1ccc(N)cc1Cn1nc2cnccn2c1=O. The van der Waals surface area contributed by atoms with E-state index in [4.69, 9.17) is 10.5 Å². The van der Waals surface area contributed by atoms with Crippen molar-refractivity contribution in [2.24, 2.45) is 0 Å². The van der Waals surface area contributed by atoms with Gasteiger partial charge in [0.1, 0.15) is 5.75 Å². The summed E-state index contributed by atoms with van der Waals surface area (Å²) < 4.78 is 8.06. The van der Waals surface area contributed by atoms with Gasteiger partial charge in [-0.3, -0.25) is 4.98 Å². The van der Waals surface area contributed by atoms with Crippen molar-refractivity contribution in [1.82, 2.24) is 19.2 Å². The molecule has 2 heterocycles. The lowest BCUT2D eigenvalue weighted by molar-refractivity contribution is 0.407. The zero-order chi connectivity index (χ0) is 14.1. The summed E-state index contributed by atoms with van der Waals surface area (Å²) in [6, 6.07) is 5.29. The van der Waals surface area contributed by atoms with Crippen molar-refractivity contribution in [2.75, 3.05) is 12.8 Å². The Kier molecular flexibility index (Phi) is 2.86. The summed E-state index contributed by atoms with van der Waals surface area (Å²) in [7, 11) is 1.57. The molecule has 0 aliphatic carbocycles. The van der Waals surface area contributed by atoms with E-state index in [-0.39, 0.29) is 12.2 Å². The van der Waals surface area contributed by atoms with Crippen molar-refractivity contribution in [1.29, 1.82) is 0 Å². The molecule has 7 heteroatoms. The molecule has 0 saturated carbocycles. The first kappa shape index (κ1) is 12.2. The first-order valence-corrected chi connectivity index (χ1v) is 6.00. The van der Waals surface area contributed by atoms with Gasteiger partial charge in [-0.1, -0.05) is 0 Å². The van der Waals surface area contributed by atoms with Crippen LogP contribution in [0.2, 0.25) is 0 Å². The average molecular weight is 271 g/mol. The Morgan fingerprint density at radius 1 is 1.40 bits per heavy atom. The fraction of sp³-hybridized carbons (Fsp3) is 0.154. The number of nitrogen functional groups attached to an aromatic ring is 1. The monoisotopic (exact) mass is 271 g/mol. The van der Waals surface area contributed by atoms with Crippen LogP contribution in [0.5, 0.6) is 5.75 Å². The minimum absolute atomic E-state index is 0.230. The predicted molar refractivity (Wildman–Crippen MR) is 73.8 cm³/mol. The van der Waals surface area contributed by atoms with Crippen LogP contribution in [0.3, 0.4) is 0 Å². The topological polar surface area (TPSA) is 87.4 Å². The molecule has 20 heavy (non-hydrogen) atoms. The van der Waals surface area contributed by atoms with E-state index in [1.54, 1.807) is 37.7 Å². The molecule has 0 unspecified atom stereocenters. The van der Waals surface area contributed by atoms with Gasteiger partial charge in [-0.25, -0.2) is 13.9 Å². The van der Waals surface area contributed by atoms with Crippen LogP contribution in [0.15, 0.2) is 41.6 Å². The summed E-state index contributed by atoms with van der Waals surface area (Å²) in [6.45, 7) is 0.286. The van der Waals surface area contributed by atoms with Crippen molar-refractivity contribution in [2.45, 2.75) is 6.54 Å². The molecule has 0 fully saturated rings. The van der Waals surface area contributed by atoms with Gasteiger partial charge in [-0.05, 0) is 18.2 Å². The third kappa shape index (κ3) is 1.99. The van der Waals surface area contributed by atoms with E-state index in [1.807, 2.05) is 0 Å². The highest BCUT2D eigenvalue weighted by Crippen LogP contribution is 2.21. The summed E-state index contributed by atoms with van der Waals surface area (Å²) in [6.07, 6.45) is 4.66. The number of hydrogen-bond donors (Lipinski definition) is 1. The smallest absolute Gasteiger partial charge is 0.350 e. The second-order valence-corrected chi connectivity index (χ2v) is 4.32. The van der Waals surface area contributed by atoms with Crippen molar-refractivity contribution in [3.8, 4) is 5.75 Å². The fourth-order valence-electron chi connectivity index (χ4n) is 2.07. The Labute approximate surface area is 114 Å². The largest absolute Gasteiger partial charge is 0.496 e. The molecule has 3 rings (SSSR count). The van der Waals surface area contributed by atoms with Crippen molar-refractivity contribution < 1.29 is 4.74 Å². The predicted octanol–water partition coefficient (Wildman–Crippen LogP) is 0.530. The van der Waals surface area contributed by atoms with Crippen molar-refractivity contribution >= 4 is 11.3 Å². The van der Waals surface area contributed by atoms with E-state index < -0.39 is 0 Å². The number of nitrogens with zero attached hydrogens (tertiary/aromatic N) is 4. The molecule has 1 aromatic carbocycles. The van der Waals surface area contributed by atoms with Gasteiger partial charge in [0.15, 0.2) is 5.65 Å². The fourth-order valence-corrected chi connectivity index (χ4v) is 2.07. The molecular weight excluding hydrogens is 258 g/mol. The first-order chi connectivity index (χ1) is 9.69. The summed E-state index contributed by atoms with van der Waals surface area (Å²) in [5.41, 5.74) is 7.45. The van der Waals surface area contributed by atoms with Crippen LogP contribution in [-0.2, 0) is 6.54 Å². The Balaban J connectivity index is 2.07. The van der Waals surface area contributed by atoms with Crippen LogP contribution < -0.4 is 16.2 Å². The highest BCUT2D eigenvalue weighted by molar-refractivity contribution is 5.48. The zero-order valence-corrected chi connectivity index (χ0v) is 10.9. The second kappa shape index (κ2) is 4.69. The maximum Gasteiger partial charge on any atom is 0.350 e. The van der Waals surface area contributed by atoms with Crippen LogP contribution in [0.4, 0.5) is 5.69 Å². The van der Waals surface area contributed by atoms with Gasteiger partial charge < -0.3 is 10.5 Å². The molecule has 3 aromatic rings. The molecule has 0 aliphatic heterocycles. The van der Waals surface area contributed by atoms with E-state index in [0.29, 0.717) is 17.1 Å². The first-order valence-electron chi connectivity index (χ1n) is 6.00. The lowest BCUT2D eigenvalue weighted by Gasteiger charge is -2.08. The number of fused-ring (bicyclic) bond motifs is 1. The van der Waals surface area contributed by atoms with Gasteiger partial charge >= 0.3 is 5.69 Å². The molecule has 2 aromatic heterocycles. The number of ether oxygens (including phenoxy) is 1. The summed E-state index contributed by atoms with van der Waals surface area (Å²) in [5, 5.41) is 4.22. The number of nitrogens with two attached hydrogens (primary N) is 1. The van der Waals surface area contributed by atoms with Crippen LogP contribution in [0, 0.1) is 0 Å². The second-order valence-electron chi connectivity index (χ2n) is 4.32. The van der Waals surface area contributed by atoms with E-state index in [2.05, 4.69) is 10.1 Å². The minimum Gasteiger partial charge on any atom is -0.496 e. The zero-order valence-electron chi connectivity index (χ0n) is 10.9. The standard InChI is InChI=1S/C13H13N5O2/c1-20-11-3-2-10(14)6-9(11)8-18-13(19)17-5-4-15-7-12(17)16-18/h2-7H,8,14H2,1H3. The molecule has 102 valence electrons. The number of benzene rings is 1. The molecule has 0 spiro atoms. The van der Waals surface area contributed by atoms with Crippen LogP contribution in [-0.4, -0.2) is 26.3 Å². The highest BCUT2D eigenvalue weighted by atomic mass is 16.5. The third-order valence-electron chi connectivity index (χ3n) is 3.01. The number of hydrogen-bond acceptors (Lipinski definition) is 5. The number of rotatable bonds is 3. The maximum absolute atomic E-state index is 12.2. The molecule has 2 N–H and O–H groups in total. The van der Waals surface area contributed by atoms with Gasteiger partial charge in [-0.2, -0.15) is 0 Å². The summed E-state index contributed by atoms with van der Waals surface area (Å²) >= 11 is 0. The van der Waals surface area contributed by atoms with Gasteiger partial charge in [0.25, 0.3) is 0 Å². The van der Waals surface area contributed by atoms with Crippen molar-refractivity contribution in [3.63, 3.8) is 0 Å². The van der Waals surface area contributed by atoms with Gasteiger partial charge in [0.05, 0.1) is 19.9 Å². The number of aromatic nitrogens is 4. The van der Waals surface area contributed by atoms with Gasteiger partial charge in [0, 0.05) is 23.6 Å². The van der Waals surface area contributed by atoms with E-state index >= 15 is 0 Å². The van der Waals surface area contributed by atoms with Crippen LogP contribution >= 0.6 is 0 Å². The van der Waals surface area contributed by atoms with Crippen LogP contribution in [0.25, 0.3) is 5.65 Å². The van der Waals surface area contributed by atoms with E-state index in [9.17, 15) is 4.79 Å². The Bertz CT molecular complexity index is 821. The molecule has 0 saturated heterocycles. The Morgan fingerprint density at radius 2 is 2.25 bits per heavy atom. The average Bonchev–Trinajstić information content (AvgIpc) is 2.76. The Morgan fingerprint density at radius 3 is 3.00 bits per heavy atom. The molecule has 0 bridgehead atoms. The van der Waals surface area contributed by atoms with E-state index in [0.717, 1.165) is 5.56 Å². The quantitative estimate of drug-likeness (QED) is 0.702. The maximum atomic E-state index is 12.2. The molecule has 0 aliphatic rings.